The molecule has 11 heavy (non-hydrogen) atoms. The lowest BCUT2D eigenvalue weighted by atomic mass is 10.0. The molecular weight excluding hydrogens is 132 g/mol. The first-order valence-electron chi connectivity index (χ1n) is 4.06. The summed E-state index contributed by atoms with van der Waals surface area (Å²) in [6.07, 6.45) is 4.06. The van der Waals surface area contributed by atoms with E-state index in [4.69, 9.17) is 0 Å². The highest BCUT2D eigenvalue weighted by atomic mass is 14.0. The fourth-order valence-corrected chi connectivity index (χ4v) is 1.26. The normalized spacial score (nSPS) is 9.55. The second-order valence-corrected chi connectivity index (χ2v) is 2.62. The van der Waals surface area contributed by atoms with Crippen molar-refractivity contribution in [1.29, 1.82) is 0 Å². The van der Waals surface area contributed by atoms with Gasteiger partial charge in [0.25, 0.3) is 0 Å². The maximum atomic E-state index is 3.73. The number of aryl methyl sites for hydroxylation is 1. The van der Waals surface area contributed by atoms with Gasteiger partial charge in [-0.3, -0.25) is 0 Å². The van der Waals surface area contributed by atoms with Crippen molar-refractivity contribution in [2.45, 2.75) is 19.8 Å². The predicted molar refractivity (Wildman–Crippen MR) is 49.7 cm³/mol. The van der Waals surface area contributed by atoms with E-state index in [1.54, 1.807) is 0 Å². The summed E-state index contributed by atoms with van der Waals surface area (Å²) in [5.41, 5.74) is 2.84. The van der Waals surface area contributed by atoms with Crippen molar-refractivity contribution >= 4 is 0 Å². The van der Waals surface area contributed by atoms with Crippen LogP contribution < -0.4 is 0 Å². The highest BCUT2D eigenvalue weighted by Crippen LogP contribution is 2.09. The maximum Gasteiger partial charge on any atom is -0.00974 e. The van der Waals surface area contributed by atoms with Crippen molar-refractivity contribution in [3.8, 4) is 0 Å². The number of hydrogen-bond donors (Lipinski definition) is 0. The molecule has 0 amide bonds. The molecule has 0 aliphatic rings. The summed E-state index contributed by atoms with van der Waals surface area (Å²) < 4.78 is 0. The molecule has 0 N–H and O–H groups in total. The van der Waals surface area contributed by atoms with Gasteiger partial charge in [0.2, 0.25) is 0 Å². The van der Waals surface area contributed by atoms with Crippen LogP contribution in [0.2, 0.25) is 0 Å². The van der Waals surface area contributed by atoms with E-state index >= 15 is 0 Å². The molecule has 0 spiro atoms. The molecule has 0 bridgehead atoms. The summed E-state index contributed by atoms with van der Waals surface area (Å²) in [7, 11) is 0. The second-order valence-electron chi connectivity index (χ2n) is 2.62. The van der Waals surface area contributed by atoms with E-state index in [-0.39, 0.29) is 0 Å². The van der Waals surface area contributed by atoms with Gasteiger partial charge in [-0.05, 0) is 24.0 Å². The molecule has 0 heterocycles. The van der Waals surface area contributed by atoms with E-state index in [2.05, 4.69) is 37.8 Å². The number of hydrogen-bond acceptors (Lipinski definition) is 0. The Morgan fingerprint density at radius 1 is 1.27 bits per heavy atom. The first-order valence-corrected chi connectivity index (χ1v) is 4.06. The van der Waals surface area contributed by atoms with Crippen molar-refractivity contribution in [2.24, 2.45) is 0 Å². The Morgan fingerprint density at radius 3 is 2.45 bits per heavy atom. The lowest BCUT2D eigenvalue weighted by molar-refractivity contribution is 1.08. The molecule has 0 fully saturated rings. The molecule has 0 saturated heterocycles. The van der Waals surface area contributed by atoms with Crippen molar-refractivity contribution in [1.82, 2.24) is 0 Å². The Balaban J connectivity index is 2.92. The molecule has 0 atom stereocenters. The van der Waals surface area contributed by atoms with Crippen LogP contribution in [0.15, 0.2) is 36.9 Å². The standard InChI is InChI=1S/C11H14/c1-3-7-11-9-6-5-8-10(11)4-2/h3,5-6,8-9H,1,4,7H2,2H3. The molecule has 0 saturated carbocycles. The average Bonchev–Trinajstić information content (AvgIpc) is 2.06. The van der Waals surface area contributed by atoms with Crippen molar-refractivity contribution in [2.75, 3.05) is 0 Å². The van der Waals surface area contributed by atoms with Gasteiger partial charge in [-0.15, -0.1) is 6.58 Å². The Hall–Kier alpha value is -1.04. The van der Waals surface area contributed by atoms with E-state index in [9.17, 15) is 0 Å². The van der Waals surface area contributed by atoms with Crippen LogP contribution in [0, 0.1) is 0 Å². The summed E-state index contributed by atoms with van der Waals surface area (Å²) in [6.45, 7) is 5.91. The molecule has 58 valence electrons. The Morgan fingerprint density at radius 2 is 1.91 bits per heavy atom. The van der Waals surface area contributed by atoms with Crippen molar-refractivity contribution < 1.29 is 0 Å². The third-order valence-corrected chi connectivity index (χ3v) is 1.86. The molecule has 1 aromatic carbocycles. The van der Waals surface area contributed by atoms with E-state index in [0.29, 0.717) is 0 Å². The zero-order valence-electron chi connectivity index (χ0n) is 7.01. The highest BCUT2D eigenvalue weighted by molar-refractivity contribution is 5.28. The zero-order chi connectivity index (χ0) is 8.10. The minimum absolute atomic E-state index is 0.990. The van der Waals surface area contributed by atoms with E-state index in [1.165, 1.54) is 11.1 Å². The van der Waals surface area contributed by atoms with Gasteiger partial charge in [-0.25, -0.2) is 0 Å². The third kappa shape index (κ3) is 1.94. The topological polar surface area (TPSA) is 0 Å². The summed E-state index contributed by atoms with van der Waals surface area (Å²) in [4.78, 5) is 0. The maximum absolute atomic E-state index is 3.73. The Bertz CT molecular complexity index is 236. The molecule has 1 aromatic rings. The molecule has 0 radical (unpaired) electrons. The van der Waals surface area contributed by atoms with Crippen molar-refractivity contribution in [3.63, 3.8) is 0 Å². The van der Waals surface area contributed by atoms with Crippen molar-refractivity contribution in [3.05, 3.63) is 48.0 Å². The van der Waals surface area contributed by atoms with Crippen LogP contribution in [0.1, 0.15) is 18.1 Å². The van der Waals surface area contributed by atoms with Gasteiger partial charge in [0, 0.05) is 0 Å². The third-order valence-electron chi connectivity index (χ3n) is 1.86. The predicted octanol–water partition coefficient (Wildman–Crippen LogP) is 2.98. The van der Waals surface area contributed by atoms with Crippen LogP contribution in [0.3, 0.4) is 0 Å². The van der Waals surface area contributed by atoms with Gasteiger partial charge in [0.15, 0.2) is 0 Å². The molecule has 0 aliphatic heterocycles. The molecule has 1 rings (SSSR count). The number of benzene rings is 1. The molecule has 0 heteroatoms. The monoisotopic (exact) mass is 146 g/mol. The molecule has 0 nitrogen and oxygen atoms in total. The molecule has 0 unspecified atom stereocenters. The van der Waals surface area contributed by atoms with Gasteiger partial charge in [-0.2, -0.15) is 0 Å². The first-order chi connectivity index (χ1) is 5.38. The smallest absolute Gasteiger partial charge is 0.00974 e. The molecular formula is C11H14. The van der Waals surface area contributed by atoms with Gasteiger partial charge in [0.1, 0.15) is 0 Å². The Kier molecular flexibility index (Phi) is 2.91. The van der Waals surface area contributed by atoms with E-state index < -0.39 is 0 Å². The van der Waals surface area contributed by atoms with E-state index in [1.807, 2.05) is 6.08 Å². The molecule has 0 aliphatic carbocycles. The second kappa shape index (κ2) is 3.97. The van der Waals surface area contributed by atoms with Crippen LogP contribution in [-0.4, -0.2) is 0 Å². The van der Waals surface area contributed by atoms with Crippen LogP contribution in [0.25, 0.3) is 0 Å². The van der Waals surface area contributed by atoms with E-state index in [0.717, 1.165) is 12.8 Å². The summed E-state index contributed by atoms with van der Waals surface area (Å²) in [6, 6.07) is 8.52. The summed E-state index contributed by atoms with van der Waals surface area (Å²) >= 11 is 0. The SMILES string of the molecule is C=CCc1ccccc1CC. The van der Waals surface area contributed by atoms with Crippen LogP contribution in [-0.2, 0) is 12.8 Å². The lowest BCUT2D eigenvalue weighted by Crippen LogP contribution is -1.89. The van der Waals surface area contributed by atoms with Crippen LogP contribution in [0.5, 0.6) is 0 Å². The zero-order valence-corrected chi connectivity index (χ0v) is 7.01. The van der Waals surface area contributed by atoms with Gasteiger partial charge < -0.3 is 0 Å². The van der Waals surface area contributed by atoms with Crippen LogP contribution in [0.4, 0.5) is 0 Å². The van der Waals surface area contributed by atoms with Gasteiger partial charge in [-0.1, -0.05) is 37.3 Å². The Labute approximate surface area is 68.6 Å². The largest absolute Gasteiger partial charge is 0.103 e. The fourth-order valence-electron chi connectivity index (χ4n) is 1.26. The lowest BCUT2D eigenvalue weighted by Gasteiger charge is -2.03. The summed E-state index contributed by atoms with van der Waals surface area (Å²) in [5, 5.41) is 0. The quantitative estimate of drug-likeness (QED) is 0.575. The average molecular weight is 146 g/mol. The van der Waals surface area contributed by atoms with Crippen LogP contribution >= 0.6 is 0 Å². The first kappa shape index (κ1) is 8.06. The number of allylic oxidation sites excluding steroid dienone is 1. The minimum atomic E-state index is 0.990. The summed E-state index contributed by atoms with van der Waals surface area (Å²) in [5.74, 6) is 0. The fraction of sp³-hybridized carbons (Fsp3) is 0.273. The highest BCUT2D eigenvalue weighted by Gasteiger charge is 1.94. The van der Waals surface area contributed by atoms with Gasteiger partial charge in [0.05, 0.1) is 0 Å². The molecule has 0 aromatic heterocycles. The number of rotatable bonds is 3. The van der Waals surface area contributed by atoms with Gasteiger partial charge >= 0.3 is 0 Å². The minimum Gasteiger partial charge on any atom is -0.103 e.